The number of hydrogen-bond acceptors (Lipinski definition) is 8. The largest absolute Gasteiger partial charge is 0.497 e. The predicted molar refractivity (Wildman–Crippen MR) is 99.6 cm³/mol. The van der Waals surface area contributed by atoms with Crippen molar-refractivity contribution < 1.29 is 14.5 Å². The smallest absolute Gasteiger partial charge is 0.261 e. The van der Waals surface area contributed by atoms with Gasteiger partial charge < -0.3 is 15.8 Å². The summed E-state index contributed by atoms with van der Waals surface area (Å²) in [7, 11) is 1.52. The Morgan fingerprint density at radius 3 is 2.96 bits per heavy atom. The van der Waals surface area contributed by atoms with E-state index in [1.165, 1.54) is 36.7 Å². The van der Waals surface area contributed by atoms with Gasteiger partial charge >= 0.3 is 0 Å². The second kappa shape index (κ2) is 8.12. The standard InChI is InChI=1S/C17H17N7O4/c1-28-13-4-2-3-11(5-13)15(9-24(26)27)23-8-12(6-21-23)22-17(25)14-7-19-10-20-16(14)18/h2-8,10,15H,9H2,1H3,(H,22,25)(H2,18,19,20). The molecule has 0 saturated heterocycles. The van der Waals surface area contributed by atoms with E-state index < -0.39 is 16.9 Å². The molecular formula is C17H17N7O4. The fourth-order valence-electron chi connectivity index (χ4n) is 2.62. The third kappa shape index (κ3) is 4.20. The number of nitrogens with one attached hydrogen (secondary N) is 1. The van der Waals surface area contributed by atoms with Crippen LogP contribution in [0.25, 0.3) is 0 Å². The highest BCUT2D eigenvalue weighted by molar-refractivity contribution is 6.06. The van der Waals surface area contributed by atoms with Crippen LogP contribution in [-0.2, 0) is 0 Å². The summed E-state index contributed by atoms with van der Waals surface area (Å²) < 4.78 is 6.60. The van der Waals surface area contributed by atoms with E-state index in [0.29, 0.717) is 17.0 Å². The quantitative estimate of drug-likeness (QED) is 0.459. The number of carbonyl (C=O) groups is 1. The van der Waals surface area contributed by atoms with Crippen molar-refractivity contribution >= 4 is 17.4 Å². The lowest BCUT2D eigenvalue weighted by Crippen LogP contribution is -2.21. The first-order chi connectivity index (χ1) is 13.5. The number of nitrogens with two attached hydrogens (primary N) is 1. The zero-order valence-corrected chi connectivity index (χ0v) is 14.8. The van der Waals surface area contributed by atoms with E-state index in [0.717, 1.165) is 0 Å². The van der Waals surface area contributed by atoms with Gasteiger partial charge in [0.1, 0.15) is 29.5 Å². The van der Waals surface area contributed by atoms with Gasteiger partial charge in [0.2, 0.25) is 6.54 Å². The average molecular weight is 383 g/mol. The van der Waals surface area contributed by atoms with Crippen LogP contribution in [0.15, 0.2) is 49.2 Å². The number of carbonyl (C=O) groups excluding carboxylic acids is 1. The van der Waals surface area contributed by atoms with Crippen LogP contribution in [0.1, 0.15) is 22.0 Å². The van der Waals surface area contributed by atoms with Crippen LogP contribution in [-0.4, -0.2) is 44.2 Å². The molecule has 28 heavy (non-hydrogen) atoms. The maximum Gasteiger partial charge on any atom is 0.261 e. The van der Waals surface area contributed by atoms with E-state index in [4.69, 9.17) is 10.5 Å². The molecule has 0 aliphatic rings. The Hall–Kier alpha value is -4.02. The van der Waals surface area contributed by atoms with Gasteiger partial charge in [-0.3, -0.25) is 19.6 Å². The second-order valence-corrected chi connectivity index (χ2v) is 5.79. The molecule has 0 radical (unpaired) electrons. The number of amides is 1. The molecule has 0 fully saturated rings. The molecule has 1 aromatic carbocycles. The first-order valence-corrected chi connectivity index (χ1v) is 8.14. The number of aromatic nitrogens is 4. The lowest BCUT2D eigenvalue weighted by atomic mass is 10.1. The summed E-state index contributed by atoms with van der Waals surface area (Å²) in [5.74, 6) is 0.110. The van der Waals surface area contributed by atoms with E-state index in [1.807, 2.05) is 0 Å². The summed E-state index contributed by atoms with van der Waals surface area (Å²) in [5, 5.41) is 17.9. The van der Waals surface area contributed by atoms with Gasteiger partial charge in [-0.25, -0.2) is 9.97 Å². The lowest BCUT2D eigenvalue weighted by molar-refractivity contribution is -0.484. The molecule has 3 aromatic rings. The van der Waals surface area contributed by atoms with Crippen molar-refractivity contribution in [3.8, 4) is 5.75 Å². The molecule has 1 atom stereocenters. The molecule has 11 heteroatoms. The van der Waals surface area contributed by atoms with E-state index in [2.05, 4.69) is 20.4 Å². The zero-order valence-electron chi connectivity index (χ0n) is 14.8. The summed E-state index contributed by atoms with van der Waals surface area (Å²) in [6.45, 7) is -0.387. The van der Waals surface area contributed by atoms with Crippen molar-refractivity contribution in [3.05, 3.63) is 70.4 Å². The molecule has 0 bridgehead atoms. The minimum Gasteiger partial charge on any atom is -0.497 e. The molecule has 3 N–H and O–H groups in total. The zero-order chi connectivity index (χ0) is 20.1. The van der Waals surface area contributed by atoms with Crippen LogP contribution in [0.3, 0.4) is 0 Å². The van der Waals surface area contributed by atoms with E-state index in [1.54, 1.807) is 24.3 Å². The molecule has 0 aliphatic carbocycles. The Labute approximate surface area is 159 Å². The highest BCUT2D eigenvalue weighted by Crippen LogP contribution is 2.24. The number of nitrogen functional groups attached to an aromatic ring is 1. The van der Waals surface area contributed by atoms with Crippen molar-refractivity contribution in [1.82, 2.24) is 19.7 Å². The van der Waals surface area contributed by atoms with Gasteiger partial charge in [-0.1, -0.05) is 12.1 Å². The molecule has 0 spiro atoms. The second-order valence-electron chi connectivity index (χ2n) is 5.79. The monoisotopic (exact) mass is 383 g/mol. The number of anilines is 2. The fraction of sp³-hybridized carbons (Fsp3) is 0.176. The summed E-state index contributed by atoms with van der Waals surface area (Å²) in [4.78, 5) is 30.6. The fourth-order valence-corrected chi connectivity index (χ4v) is 2.62. The highest BCUT2D eigenvalue weighted by Gasteiger charge is 2.22. The van der Waals surface area contributed by atoms with E-state index in [-0.39, 0.29) is 17.9 Å². The summed E-state index contributed by atoms with van der Waals surface area (Å²) in [6, 6.07) is 6.26. The Morgan fingerprint density at radius 1 is 1.43 bits per heavy atom. The van der Waals surface area contributed by atoms with Gasteiger partial charge in [0.05, 0.1) is 19.0 Å². The number of nitrogens with zero attached hydrogens (tertiary/aromatic N) is 5. The number of benzene rings is 1. The van der Waals surface area contributed by atoms with Crippen LogP contribution in [0, 0.1) is 10.1 Å². The average Bonchev–Trinajstić information content (AvgIpc) is 3.14. The van der Waals surface area contributed by atoms with Gasteiger partial charge in [0.25, 0.3) is 5.91 Å². The van der Waals surface area contributed by atoms with Crippen LogP contribution in [0.4, 0.5) is 11.5 Å². The SMILES string of the molecule is COc1cccc(C(C[N+](=O)[O-])n2cc(NC(=O)c3cncnc3N)cn2)c1. The van der Waals surface area contributed by atoms with Gasteiger partial charge in [-0.15, -0.1) is 0 Å². The molecule has 11 nitrogen and oxygen atoms in total. The number of methoxy groups -OCH3 is 1. The molecule has 3 rings (SSSR count). The Morgan fingerprint density at radius 2 is 2.25 bits per heavy atom. The third-order valence-corrected chi connectivity index (χ3v) is 3.97. The molecule has 1 unspecified atom stereocenters. The summed E-state index contributed by atoms with van der Waals surface area (Å²) in [6.07, 6.45) is 5.44. The van der Waals surface area contributed by atoms with Crippen molar-refractivity contribution in [3.63, 3.8) is 0 Å². The highest BCUT2D eigenvalue weighted by atomic mass is 16.6. The van der Waals surface area contributed by atoms with Crippen molar-refractivity contribution in [2.24, 2.45) is 0 Å². The minimum absolute atomic E-state index is 0.0440. The minimum atomic E-state index is -0.680. The normalized spacial score (nSPS) is 11.6. The Kier molecular flexibility index (Phi) is 5.44. The molecule has 144 valence electrons. The topological polar surface area (TPSA) is 151 Å². The first-order valence-electron chi connectivity index (χ1n) is 8.14. The number of ether oxygens (including phenoxy) is 1. The van der Waals surface area contributed by atoms with Gasteiger partial charge in [0, 0.05) is 17.3 Å². The van der Waals surface area contributed by atoms with Crippen molar-refractivity contribution in [2.75, 3.05) is 24.7 Å². The van der Waals surface area contributed by atoms with Crippen LogP contribution in [0.2, 0.25) is 0 Å². The molecule has 2 heterocycles. The molecule has 0 aliphatic heterocycles. The van der Waals surface area contributed by atoms with E-state index >= 15 is 0 Å². The predicted octanol–water partition coefficient (Wildman–Crippen LogP) is 1.38. The number of nitro groups is 1. The van der Waals surface area contributed by atoms with Crippen molar-refractivity contribution in [2.45, 2.75) is 6.04 Å². The summed E-state index contributed by atoms with van der Waals surface area (Å²) >= 11 is 0. The van der Waals surface area contributed by atoms with Gasteiger partial charge in [0.15, 0.2) is 0 Å². The Balaban J connectivity index is 1.85. The Bertz CT molecular complexity index is 1000. The molecule has 1 amide bonds. The van der Waals surface area contributed by atoms with Crippen LogP contribution < -0.4 is 15.8 Å². The third-order valence-electron chi connectivity index (χ3n) is 3.97. The van der Waals surface area contributed by atoms with Crippen LogP contribution in [0.5, 0.6) is 5.75 Å². The van der Waals surface area contributed by atoms with Crippen molar-refractivity contribution in [1.29, 1.82) is 0 Å². The molecule has 0 saturated carbocycles. The number of hydrogen-bond donors (Lipinski definition) is 2. The maximum absolute atomic E-state index is 12.3. The summed E-state index contributed by atoms with van der Waals surface area (Å²) in [5.41, 5.74) is 6.78. The molecule has 2 aromatic heterocycles. The lowest BCUT2D eigenvalue weighted by Gasteiger charge is -2.14. The molecular weight excluding hydrogens is 366 g/mol. The van der Waals surface area contributed by atoms with Gasteiger partial charge in [-0.05, 0) is 17.7 Å². The maximum atomic E-state index is 12.3. The van der Waals surface area contributed by atoms with Gasteiger partial charge in [-0.2, -0.15) is 5.10 Å². The van der Waals surface area contributed by atoms with E-state index in [9.17, 15) is 14.9 Å². The number of rotatable bonds is 7. The van der Waals surface area contributed by atoms with Crippen LogP contribution >= 0.6 is 0 Å². The first kappa shape index (κ1) is 18.8.